The van der Waals surface area contributed by atoms with E-state index < -0.39 is 0 Å². The number of fused-ring (bicyclic) bond motifs is 12. The standard InChI is InChI=1S/C16H10Br2N2.C16H11BrN2.BHNS/c1-9-5-4-8-12-13(9)10-6-2-3-7-11(10)16-19-14(17)15(18)20(12)16;1-10-5-4-8-13-15(10)11-6-2-3-7-12(11)16-18-9-14(17)19(13)16;1-2-3/h2-8H,1H3;2-9H,1H3;3H. The number of thiol groups is 1. The Labute approximate surface area is 274 Å². The van der Waals surface area contributed by atoms with Crippen molar-refractivity contribution in [2.75, 3.05) is 0 Å². The molecule has 8 rings (SSSR count). The summed E-state index contributed by atoms with van der Waals surface area (Å²) in [4.78, 5) is 9.20. The summed E-state index contributed by atoms with van der Waals surface area (Å²) in [6.45, 7) is 4.31. The predicted octanol–water partition coefficient (Wildman–Crippen LogP) is 10.4. The summed E-state index contributed by atoms with van der Waals surface area (Å²) in [5.41, 5.74) is 6.90. The molecular weight excluding hydrogens is 737 g/mol. The second-order valence-electron chi connectivity index (χ2n) is 9.74. The van der Waals surface area contributed by atoms with Crippen LogP contribution in [0.3, 0.4) is 0 Å². The molecule has 0 aliphatic carbocycles. The van der Waals surface area contributed by atoms with E-state index in [9.17, 15) is 0 Å². The summed E-state index contributed by atoms with van der Waals surface area (Å²) in [5.74, 6) is 0. The van der Waals surface area contributed by atoms with Gasteiger partial charge in [0.1, 0.15) is 25.1 Å². The van der Waals surface area contributed by atoms with Gasteiger partial charge < -0.3 is 0 Å². The molecule has 42 heavy (non-hydrogen) atoms. The fourth-order valence-electron chi connectivity index (χ4n) is 5.70. The van der Waals surface area contributed by atoms with E-state index in [2.05, 4.69) is 190 Å². The first kappa shape index (κ1) is 29.0. The van der Waals surface area contributed by atoms with Gasteiger partial charge in [0.25, 0.3) is 0 Å². The molecule has 0 unspecified atom stereocenters. The van der Waals surface area contributed by atoms with Gasteiger partial charge in [0.2, 0.25) is 0 Å². The van der Waals surface area contributed by atoms with Gasteiger partial charge in [-0.1, -0.05) is 72.8 Å². The molecule has 0 spiro atoms. The van der Waals surface area contributed by atoms with Crippen LogP contribution in [-0.2, 0) is 0 Å². The van der Waals surface area contributed by atoms with Crippen LogP contribution in [0.15, 0.2) is 109 Å². The SMILES string of the molecule is Cc1cccc2c1c1ccccc1c1nc(Br)c(Br)n21.Cc1cccc2c1c1ccccc1c1ncc(Br)n21.[B]=NS. The predicted molar refractivity (Wildman–Crippen MR) is 190 cm³/mol. The molecule has 0 atom stereocenters. The van der Waals surface area contributed by atoms with Crippen molar-refractivity contribution < 1.29 is 0 Å². The van der Waals surface area contributed by atoms with E-state index in [-0.39, 0.29) is 0 Å². The summed E-state index contributed by atoms with van der Waals surface area (Å²) in [6.07, 6.45) is 1.86. The number of hydrogen-bond donors (Lipinski definition) is 1. The van der Waals surface area contributed by atoms with Crippen molar-refractivity contribution >= 4 is 123 Å². The molecule has 0 fully saturated rings. The Morgan fingerprint density at radius 3 is 1.69 bits per heavy atom. The van der Waals surface area contributed by atoms with Crippen LogP contribution in [-0.4, -0.2) is 26.4 Å². The first-order valence-electron chi connectivity index (χ1n) is 13.0. The average molecular weight is 759 g/mol. The fraction of sp³-hybridized carbons (Fsp3) is 0.0625. The maximum atomic E-state index is 4.65. The molecule has 0 aliphatic rings. The monoisotopic (exact) mass is 756 g/mol. The van der Waals surface area contributed by atoms with Crippen LogP contribution in [0.4, 0.5) is 0 Å². The van der Waals surface area contributed by atoms with Crippen molar-refractivity contribution in [1.29, 1.82) is 0 Å². The van der Waals surface area contributed by atoms with Crippen LogP contribution in [0.1, 0.15) is 11.1 Å². The van der Waals surface area contributed by atoms with Crippen molar-refractivity contribution in [2.24, 2.45) is 4.30 Å². The molecule has 0 aliphatic heterocycles. The molecule has 4 aromatic carbocycles. The van der Waals surface area contributed by atoms with E-state index in [1.54, 1.807) is 0 Å². The molecule has 0 bridgehead atoms. The molecule has 4 heterocycles. The van der Waals surface area contributed by atoms with Gasteiger partial charge in [0, 0.05) is 21.5 Å². The molecule has 0 amide bonds. The van der Waals surface area contributed by atoms with Gasteiger partial charge in [-0.2, -0.15) is 0 Å². The summed E-state index contributed by atoms with van der Waals surface area (Å²) in [6, 6.07) is 29.7. The number of rotatable bonds is 0. The Kier molecular flexibility index (Phi) is 8.24. The van der Waals surface area contributed by atoms with E-state index in [4.69, 9.17) is 0 Å². The Balaban J connectivity index is 0.000000138. The van der Waals surface area contributed by atoms with E-state index >= 15 is 0 Å². The van der Waals surface area contributed by atoms with Gasteiger partial charge in [-0.25, -0.2) is 9.97 Å². The van der Waals surface area contributed by atoms with Crippen molar-refractivity contribution in [1.82, 2.24) is 18.8 Å². The van der Waals surface area contributed by atoms with Gasteiger partial charge in [-0.05, 0) is 95.7 Å². The number of imidazole rings is 2. The van der Waals surface area contributed by atoms with Crippen LogP contribution >= 0.6 is 60.6 Å². The molecule has 0 N–H and O–H groups in total. The third-order valence-corrected chi connectivity index (χ3v) is 9.73. The zero-order valence-corrected chi connectivity index (χ0v) is 28.2. The Morgan fingerprint density at radius 1 is 0.667 bits per heavy atom. The van der Waals surface area contributed by atoms with Crippen LogP contribution in [0.5, 0.6) is 0 Å². The molecule has 0 saturated heterocycles. The van der Waals surface area contributed by atoms with Crippen LogP contribution in [0.2, 0.25) is 0 Å². The quantitative estimate of drug-likeness (QED) is 0.0951. The van der Waals surface area contributed by atoms with Crippen LogP contribution < -0.4 is 0 Å². The molecule has 8 aromatic rings. The van der Waals surface area contributed by atoms with E-state index in [1.807, 2.05) is 6.20 Å². The fourth-order valence-corrected chi connectivity index (χ4v) is 6.95. The van der Waals surface area contributed by atoms with E-state index in [0.717, 1.165) is 25.1 Å². The number of aromatic nitrogens is 4. The number of nitrogens with zero attached hydrogens (tertiary/aromatic N) is 5. The number of hydrogen-bond acceptors (Lipinski definition) is 4. The summed E-state index contributed by atoms with van der Waals surface area (Å²) in [5, 5.41) is 7.44. The normalized spacial score (nSPS) is 11.2. The summed E-state index contributed by atoms with van der Waals surface area (Å²) in [7, 11) is 4.34. The van der Waals surface area contributed by atoms with Gasteiger partial charge in [-0.3, -0.25) is 8.80 Å². The van der Waals surface area contributed by atoms with Crippen LogP contribution in [0.25, 0.3) is 54.6 Å². The topological polar surface area (TPSA) is 47.0 Å². The molecule has 10 heteroatoms. The average Bonchev–Trinajstić information content (AvgIpc) is 3.53. The third-order valence-electron chi connectivity index (χ3n) is 7.36. The van der Waals surface area contributed by atoms with Crippen molar-refractivity contribution in [2.45, 2.75) is 13.8 Å². The van der Waals surface area contributed by atoms with Crippen molar-refractivity contribution in [3.05, 3.63) is 116 Å². The number of benzene rings is 4. The minimum absolute atomic E-state index is 0.830. The molecule has 0 saturated carbocycles. The molecular formula is C32H22BBr3N5S. The first-order chi connectivity index (χ1) is 20.4. The second-order valence-corrected chi connectivity index (χ2v) is 12.3. The molecule has 5 nitrogen and oxygen atoms in total. The first-order valence-corrected chi connectivity index (χ1v) is 15.8. The zero-order chi connectivity index (χ0) is 29.5. The van der Waals surface area contributed by atoms with Crippen molar-refractivity contribution in [3.8, 4) is 0 Å². The van der Waals surface area contributed by atoms with Gasteiger partial charge in [-0.15, -0.1) is 0 Å². The Morgan fingerprint density at radius 2 is 1.14 bits per heavy atom. The number of halogens is 3. The molecule has 205 valence electrons. The number of pyridine rings is 2. The van der Waals surface area contributed by atoms with E-state index in [1.165, 1.54) is 54.5 Å². The van der Waals surface area contributed by atoms with Crippen molar-refractivity contribution in [3.63, 3.8) is 0 Å². The van der Waals surface area contributed by atoms with Gasteiger partial charge in [0.15, 0.2) is 0 Å². The maximum absolute atomic E-state index is 4.65. The Bertz CT molecular complexity index is 2310. The summed E-state index contributed by atoms with van der Waals surface area (Å²) < 4.78 is 9.80. The molecule has 1 radical (unpaired) electrons. The van der Waals surface area contributed by atoms with Crippen LogP contribution in [0, 0.1) is 13.8 Å². The molecule has 4 aromatic heterocycles. The minimum atomic E-state index is 0.830. The van der Waals surface area contributed by atoms with Gasteiger partial charge in [0.05, 0.1) is 17.2 Å². The third kappa shape index (κ3) is 4.78. The zero-order valence-electron chi connectivity index (χ0n) is 22.6. The summed E-state index contributed by atoms with van der Waals surface area (Å²) >= 11 is 13.9. The van der Waals surface area contributed by atoms with E-state index in [0.29, 0.717) is 0 Å². The second kappa shape index (κ2) is 11.9. The van der Waals surface area contributed by atoms with Gasteiger partial charge >= 0.3 is 24.8 Å². The number of aryl methyl sites for hydroxylation is 2. The Hall–Kier alpha value is -3.05.